The van der Waals surface area contributed by atoms with Crippen LogP contribution in [-0.2, 0) is 4.79 Å². The molecule has 0 bridgehead atoms. The minimum atomic E-state index is -1.39. The van der Waals surface area contributed by atoms with Gasteiger partial charge in [-0.2, -0.15) is 0 Å². The second-order valence-electron chi connectivity index (χ2n) is 2.92. The quantitative estimate of drug-likeness (QED) is 0.462. The minimum Gasteiger partial charge on any atom is -0.478 e. The van der Waals surface area contributed by atoms with Gasteiger partial charge >= 0.3 is 17.9 Å². The fourth-order valence-corrected chi connectivity index (χ4v) is 1.13. The van der Waals surface area contributed by atoms with Crippen molar-refractivity contribution in [3.8, 4) is 5.75 Å². The van der Waals surface area contributed by atoms with Crippen LogP contribution >= 0.6 is 0 Å². The SMILES string of the molecule is C=CC(=O)Oc1c(C(=O)O)cccc1C(=O)O. The summed E-state index contributed by atoms with van der Waals surface area (Å²) in [6, 6.07) is 3.53. The van der Waals surface area contributed by atoms with Crippen molar-refractivity contribution in [3.05, 3.63) is 42.0 Å². The van der Waals surface area contributed by atoms with Crippen molar-refractivity contribution in [1.29, 1.82) is 0 Å². The van der Waals surface area contributed by atoms with Gasteiger partial charge in [0.05, 0.1) is 0 Å². The van der Waals surface area contributed by atoms with Crippen molar-refractivity contribution < 1.29 is 29.3 Å². The van der Waals surface area contributed by atoms with Crippen LogP contribution in [0.1, 0.15) is 20.7 Å². The number of benzene rings is 1. The zero-order valence-corrected chi connectivity index (χ0v) is 8.54. The Bertz CT molecular complexity index is 470. The molecular weight excluding hydrogens is 228 g/mol. The summed E-state index contributed by atoms with van der Waals surface area (Å²) in [4.78, 5) is 32.7. The maximum absolute atomic E-state index is 11.0. The van der Waals surface area contributed by atoms with E-state index < -0.39 is 34.8 Å². The van der Waals surface area contributed by atoms with Gasteiger partial charge in [0.1, 0.15) is 11.1 Å². The number of hydrogen-bond donors (Lipinski definition) is 2. The van der Waals surface area contributed by atoms with Gasteiger partial charge in [0.15, 0.2) is 5.75 Å². The molecule has 2 N–H and O–H groups in total. The number of carboxylic acid groups (broad SMARTS) is 2. The van der Waals surface area contributed by atoms with Crippen molar-refractivity contribution in [1.82, 2.24) is 0 Å². The highest BCUT2D eigenvalue weighted by Gasteiger charge is 2.21. The highest BCUT2D eigenvalue weighted by Crippen LogP contribution is 2.24. The number of carbonyl (C=O) groups excluding carboxylic acids is 1. The lowest BCUT2D eigenvalue weighted by atomic mass is 10.1. The molecule has 0 aliphatic carbocycles. The number of aromatic carboxylic acids is 2. The average molecular weight is 236 g/mol. The molecule has 0 amide bonds. The molecular formula is C11H8O6. The lowest BCUT2D eigenvalue weighted by Gasteiger charge is -2.08. The van der Waals surface area contributed by atoms with Gasteiger partial charge in [-0.1, -0.05) is 12.6 Å². The number of ether oxygens (including phenoxy) is 1. The summed E-state index contributed by atoms with van der Waals surface area (Å²) in [6.07, 6.45) is 0.810. The summed E-state index contributed by atoms with van der Waals surface area (Å²) in [7, 11) is 0. The fraction of sp³-hybridized carbons (Fsp3) is 0. The Labute approximate surface area is 95.8 Å². The van der Waals surface area contributed by atoms with E-state index in [1.165, 1.54) is 6.07 Å². The summed E-state index contributed by atoms with van der Waals surface area (Å²) in [5.41, 5.74) is -0.805. The van der Waals surface area contributed by atoms with Gasteiger partial charge in [0.2, 0.25) is 0 Å². The molecule has 0 atom stereocenters. The van der Waals surface area contributed by atoms with Crippen LogP contribution in [0.5, 0.6) is 5.75 Å². The van der Waals surface area contributed by atoms with Crippen LogP contribution in [0.4, 0.5) is 0 Å². The van der Waals surface area contributed by atoms with E-state index in [1.807, 2.05) is 0 Å². The first-order valence-electron chi connectivity index (χ1n) is 4.41. The molecule has 0 aliphatic heterocycles. The third-order valence-corrected chi connectivity index (χ3v) is 1.85. The smallest absolute Gasteiger partial charge is 0.339 e. The van der Waals surface area contributed by atoms with E-state index in [0.717, 1.165) is 18.2 Å². The Kier molecular flexibility index (Phi) is 3.61. The molecule has 0 unspecified atom stereocenters. The molecule has 0 saturated carbocycles. The van der Waals surface area contributed by atoms with E-state index >= 15 is 0 Å². The molecule has 0 radical (unpaired) electrons. The predicted molar refractivity (Wildman–Crippen MR) is 56.2 cm³/mol. The fourth-order valence-electron chi connectivity index (χ4n) is 1.13. The van der Waals surface area contributed by atoms with E-state index in [9.17, 15) is 14.4 Å². The molecule has 1 rings (SSSR count). The Morgan fingerprint density at radius 3 is 1.94 bits per heavy atom. The number of esters is 1. The molecule has 0 saturated heterocycles. The highest BCUT2D eigenvalue weighted by atomic mass is 16.5. The Hall–Kier alpha value is -2.63. The molecule has 1 aromatic carbocycles. The summed E-state index contributed by atoms with van der Waals surface area (Å²) in [6.45, 7) is 3.14. The maximum Gasteiger partial charge on any atom is 0.339 e. The van der Waals surface area contributed by atoms with Gasteiger partial charge in [-0.3, -0.25) is 0 Å². The van der Waals surface area contributed by atoms with Crippen LogP contribution in [-0.4, -0.2) is 28.1 Å². The molecule has 88 valence electrons. The first kappa shape index (κ1) is 12.4. The zero-order valence-electron chi connectivity index (χ0n) is 8.54. The minimum absolute atomic E-state index is 0.403. The lowest BCUT2D eigenvalue weighted by Crippen LogP contribution is -2.12. The van der Waals surface area contributed by atoms with Crippen LogP contribution in [0.25, 0.3) is 0 Å². The van der Waals surface area contributed by atoms with Gasteiger partial charge in [0, 0.05) is 6.08 Å². The van der Waals surface area contributed by atoms with Crippen molar-refractivity contribution in [2.75, 3.05) is 0 Å². The van der Waals surface area contributed by atoms with Crippen LogP contribution < -0.4 is 4.74 Å². The first-order chi connectivity index (χ1) is 7.97. The number of carboxylic acids is 2. The van der Waals surface area contributed by atoms with Crippen molar-refractivity contribution in [3.63, 3.8) is 0 Å². The molecule has 6 heteroatoms. The summed E-state index contributed by atoms with van der Waals surface area (Å²) in [5.74, 6) is -4.21. The molecule has 0 heterocycles. The summed E-state index contributed by atoms with van der Waals surface area (Å²) >= 11 is 0. The molecule has 0 aliphatic rings. The normalized spacial score (nSPS) is 9.41. The predicted octanol–water partition coefficient (Wildman–Crippen LogP) is 1.17. The topological polar surface area (TPSA) is 101 Å². The molecule has 6 nitrogen and oxygen atoms in total. The van der Waals surface area contributed by atoms with Crippen molar-refractivity contribution in [2.24, 2.45) is 0 Å². The molecule has 0 fully saturated rings. The Morgan fingerprint density at radius 1 is 1.12 bits per heavy atom. The second kappa shape index (κ2) is 4.93. The lowest BCUT2D eigenvalue weighted by molar-refractivity contribution is -0.129. The van der Waals surface area contributed by atoms with E-state index in [-0.39, 0.29) is 0 Å². The molecule has 0 aromatic heterocycles. The van der Waals surface area contributed by atoms with Gasteiger partial charge in [-0.15, -0.1) is 0 Å². The van der Waals surface area contributed by atoms with Gasteiger partial charge in [-0.05, 0) is 12.1 Å². The van der Waals surface area contributed by atoms with Crippen LogP contribution in [0.2, 0.25) is 0 Å². The number of para-hydroxylation sites is 1. The van der Waals surface area contributed by atoms with Crippen LogP contribution in [0, 0.1) is 0 Å². The molecule has 1 aromatic rings. The monoisotopic (exact) mass is 236 g/mol. The summed E-state index contributed by atoms with van der Waals surface area (Å²) in [5, 5.41) is 17.7. The zero-order chi connectivity index (χ0) is 13.0. The van der Waals surface area contributed by atoms with Gasteiger partial charge in [0.25, 0.3) is 0 Å². The number of rotatable bonds is 4. The summed E-state index contributed by atoms with van der Waals surface area (Å²) < 4.78 is 4.63. The van der Waals surface area contributed by atoms with Crippen molar-refractivity contribution >= 4 is 17.9 Å². The number of carbonyl (C=O) groups is 3. The van der Waals surface area contributed by atoms with Gasteiger partial charge < -0.3 is 14.9 Å². The van der Waals surface area contributed by atoms with E-state index in [4.69, 9.17) is 10.2 Å². The first-order valence-corrected chi connectivity index (χ1v) is 4.41. The van der Waals surface area contributed by atoms with E-state index in [1.54, 1.807) is 0 Å². The maximum atomic E-state index is 11.0. The van der Waals surface area contributed by atoms with E-state index in [2.05, 4.69) is 11.3 Å². The molecule has 0 spiro atoms. The number of hydrogen-bond acceptors (Lipinski definition) is 4. The third-order valence-electron chi connectivity index (χ3n) is 1.85. The molecule has 17 heavy (non-hydrogen) atoms. The second-order valence-corrected chi connectivity index (χ2v) is 2.92. The largest absolute Gasteiger partial charge is 0.478 e. The third kappa shape index (κ3) is 2.69. The standard InChI is InChI=1S/C11H8O6/c1-2-8(12)17-9-6(10(13)14)4-3-5-7(9)11(15)16/h2-5H,1H2,(H,13,14)(H,15,16). The van der Waals surface area contributed by atoms with Crippen LogP contribution in [0.3, 0.4) is 0 Å². The van der Waals surface area contributed by atoms with Crippen LogP contribution in [0.15, 0.2) is 30.9 Å². The van der Waals surface area contributed by atoms with Crippen molar-refractivity contribution in [2.45, 2.75) is 0 Å². The average Bonchev–Trinajstić information content (AvgIpc) is 2.28. The highest BCUT2D eigenvalue weighted by molar-refractivity contribution is 6.00. The Balaban J connectivity index is 3.38. The van der Waals surface area contributed by atoms with Gasteiger partial charge in [-0.25, -0.2) is 14.4 Å². The Morgan fingerprint density at radius 2 is 1.59 bits per heavy atom. The van der Waals surface area contributed by atoms with E-state index in [0.29, 0.717) is 0 Å².